The highest BCUT2D eigenvalue weighted by molar-refractivity contribution is 5.85. The molecule has 0 bridgehead atoms. The Morgan fingerprint density at radius 3 is 2.14 bits per heavy atom. The van der Waals surface area contributed by atoms with E-state index in [2.05, 4.69) is 50.2 Å². The summed E-state index contributed by atoms with van der Waals surface area (Å²) in [5.41, 5.74) is 2.80. The van der Waals surface area contributed by atoms with E-state index in [0.717, 1.165) is 0 Å². The van der Waals surface area contributed by atoms with E-state index in [1.165, 1.54) is 30.5 Å². The zero-order valence-corrected chi connectivity index (χ0v) is 10.1. The van der Waals surface area contributed by atoms with Crippen LogP contribution in [0.1, 0.15) is 17.5 Å². The van der Waals surface area contributed by atoms with Crippen molar-refractivity contribution in [2.24, 2.45) is 0 Å². The summed E-state index contributed by atoms with van der Waals surface area (Å²) in [4.78, 5) is 2.23. The van der Waals surface area contributed by atoms with Crippen molar-refractivity contribution in [2.75, 3.05) is 20.6 Å². The second-order valence-corrected chi connectivity index (χ2v) is 3.89. The predicted octanol–water partition coefficient (Wildman–Crippen LogP) is 2.91. The van der Waals surface area contributed by atoms with Crippen LogP contribution >= 0.6 is 12.4 Å². The summed E-state index contributed by atoms with van der Waals surface area (Å²) >= 11 is 0. The first-order chi connectivity index (χ1) is 6.18. The van der Waals surface area contributed by atoms with Gasteiger partial charge in [-0.15, -0.1) is 12.4 Å². The topological polar surface area (TPSA) is 3.24 Å². The van der Waals surface area contributed by atoms with E-state index in [0.29, 0.717) is 0 Å². The van der Waals surface area contributed by atoms with Crippen molar-refractivity contribution in [3.8, 4) is 0 Å². The van der Waals surface area contributed by atoms with Crippen LogP contribution in [0.5, 0.6) is 0 Å². The van der Waals surface area contributed by atoms with Crippen LogP contribution in [-0.2, 0) is 6.42 Å². The predicted molar refractivity (Wildman–Crippen MR) is 65.3 cm³/mol. The van der Waals surface area contributed by atoms with Gasteiger partial charge in [0.1, 0.15) is 0 Å². The molecule has 1 aromatic carbocycles. The number of halogens is 1. The summed E-state index contributed by atoms with van der Waals surface area (Å²) in [7, 11) is 4.24. The Labute approximate surface area is 93.5 Å². The van der Waals surface area contributed by atoms with Crippen LogP contribution in [0.15, 0.2) is 24.3 Å². The summed E-state index contributed by atoms with van der Waals surface area (Å²) in [6.07, 6.45) is 2.44. The zero-order chi connectivity index (χ0) is 9.68. The standard InChI is InChI=1S/C12H19N.ClH/c1-11-6-8-12(9-7-11)5-4-10-13(2)3;/h6-9H,4-5,10H2,1-3H3;1H. The number of benzene rings is 1. The summed E-state index contributed by atoms with van der Waals surface area (Å²) < 4.78 is 0. The maximum atomic E-state index is 2.23. The first kappa shape index (κ1) is 13.5. The molecule has 0 spiro atoms. The van der Waals surface area contributed by atoms with E-state index in [1.807, 2.05) is 0 Å². The highest BCUT2D eigenvalue weighted by Gasteiger charge is 1.93. The average Bonchev–Trinajstić information content (AvgIpc) is 2.08. The number of hydrogen-bond acceptors (Lipinski definition) is 1. The van der Waals surface area contributed by atoms with Crippen molar-refractivity contribution in [1.82, 2.24) is 4.90 Å². The Hall–Kier alpha value is -0.530. The summed E-state index contributed by atoms with van der Waals surface area (Å²) in [5.74, 6) is 0. The van der Waals surface area contributed by atoms with Crippen molar-refractivity contribution in [2.45, 2.75) is 19.8 Å². The third-order valence-corrected chi connectivity index (χ3v) is 2.19. The van der Waals surface area contributed by atoms with Gasteiger partial charge in [0.2, 0.25) is 0 Å². The largest absolute Gasteiger partial charge is 0.309 e. The van der Waals surface area contributed by atoms with Crippen molar-refractivity contribution in [3.05, 3.63) is 35.4 Å². The zero-order valence-electron chi connectivity index (χ0n) is 9.29. The molecule has 0 saturated carbocycles. The fourth-order valence-corrected chi connectivity index (χ4v) is 1.35. The molecular weight excluding hydrogens is 194 g/mol. The van der Waals surface area contributed by atoms with Crippen molar-refractivity contribution >= 4 is 12.4 Å². The van der Waals surface area contributed by atoms with Gasteiger partial charge >= 0.3 is 0 Å². The fraction of sp³-hybridized carbons (Fsp3) is 0.500. The van der Waals surface area contributed by atoms with Crippen LogP contribution in [-0.4, -0.2) is 25.5 Å². The molecule has 0 radical (unpaired) electrons. The van der Waals surface area contributed by atoms with Gasteiger partial charge in [-0.2, -0.15) is 0 Å². The molecule has 0 amide bonds. The fourth-order valence-electron chi connectivity index (χ4n) is 1.35. The lowest BCUT2D eigenvalue weighted by molar-refractivity contribution is 0.400. The normalized spacial score (nSPS) is 10.0. The van der Waals surface area contributed by atoms with E-state index in [9.17, 15) is 0 Å². The molecule has 80 valence electrons. The van der Waals surface area contributed by atoms with Gasteiger partial charge in [-0.1, -0.05) is 29.8 Å². The minimum absolute atomic E-state index is 0. The van der Waals surface area contributed by atoms with Gasteiger partial charge in [0, 0.05) is 0 Å². The second-order valence-electron chi connectivity index (χ2n) is 3.89. The molecule has 2 heteroatoms. The van der Waals surface area contributed by atoms with Crippen molar-refractivity contribution < 1.29 is 0 Å². The van der Waals surface area contributed by atoms with Gasteiger partial charge in [0.15, 0.2) is 0 Å². The van der Waals surface area contributed by atoms with Gasteiger partial charge in [-0.25, -0.2) is 0 Å². The van der Waals surface area contributed by atoms with Crippen LogP contribution in [0, 0.1) is 6.92 Å². The SMILES string of the molecule is Cc1ccc(CCCN(C)C)cc1.Cl. The Balaban J connectivity index is 0.00000169. The lowest BCUT2D eigenvalue weighted by atomic mass is 10.1. The lowest BCUT2D eigenvalue weighted by Crippen LogP contribution is -2.13. The van der Waals surface area contributed by atoms with Gasteiger partial charge in [0.05, 0.1) is 0 Å². The first-order valence-corrected chi connectivity index (χ1v) is 4.89. The molecule has 0 saturated heterocycles. The number of nitrogens with zero attached hydrogens (tertiary/aromatic N) is 1. The van der Waals surface area contributed by atoms with Gasteiger partial charge < -0.3 is 4.90 Å². The smallest absolute Gasteiger partial charge is 0.00217 e. The quantitative estimate of drug-likeness (QED) is 0.744. The molecule has 1 rings (SSSR count). The van der Waals surface area contributed by atoms with Gasteiger partial charge in [-0.05, 0) is 46.0 Å². The Morgan fingerprint density at radius 1 is 1.07 bits per heavy atom. The van der Waals surface area contributed by atoms with Crippen molar-refractivity contribution in [1.29, 1.82) is 0 Å². The Bertz CT molecular complexity index is 241. The first-order valence-electron chi connectivity index (χ1n) is 4.89. The molecule has 14 heavy (non-hydrogen) atoms. The maximum Gasteiger partial charge on any atom is -0.00217 e. The maximum absolute atomic E-state index is 2.23. The van der Waals surface area contributed by atoms with Crippen molar-refractivity contribution in [3.63, 3.8) is 0 Å². The highest BCUT2D eigenvalue weighted by Crippen LogP contribution is 2.05. The average molecular weight is 214 g/mol. The molecule has 1 nitrogen and oxygen atoms in total. The third kappa shape index (κ3) is 5.25. The molecule has 0 aliphatic heterocycles. The van der Waals surface area contributed by atoms with E-state index in [-0.39, 0.29) is 12.4 Å². The summed E-state index contributed by atoms with van der Waals surface area (Å²) in [5, 5.41) is 0. The van der Waals surface area contributed by atoms with Crippen LogP contribution in [0.3, 0.4) is 0 Å². The molecule has 0 aliphatic rings. The summed E-state index contributed by atoms with van der Waals surface area (Å²) in [6.45, 7) is 3.30. The molecule has 0 aliphatic carbocycles. The Kier molecular flexibility index (Phi) is 6.60. The molecule has 0 N–H and O–H groups in total. The second kappa shape index (κ2) is 6.86. The lowest BCUT2D eigenvalue weighted by Gasteiger charge is -2.08. The van der Waals surface area contributed by atoms with Crippen LogP contribution in [0.4, 0.5) is 0 Å². The minimum Gasteiger partial charge on any atom is -0.309 e. The van der Waals surface area contributed by atoms with Crippen LogP contribution < -0.4 is 0 Å². The molecule has 1 aromatic rings. The van der Waals surface area contributed by atoms with Crippen LogP contribution in [0.2, 0.25) is 0 Å². The highest BCUT2D eigenvalue weighted by atomic mass is 35.5. The minimum atomic E-state index is 0. The number of hydrogen-bond donors (Lipinski definition) is 0. The molecule has 0 unspecified atom stereocenters. The van der Waals surface area contributed by atoms with E-state index in [4.69, 9.17) is 0 Å². The van der Waals surface area contributed by atoms with E-state index < -0.39 is 0 Å². The number of aryl methyl sites for hydroxylation is 2. The molecule has 0 aromatic heterocycles. The van der Waals surface area contributed by atoms with Crippen LogP contribution in [0.25, 0.3) is 0 Å². The molecule has 0 atom stereocenters. The monoisotopic (exact) mass is 213 g/mol. The third-order valence-electron chi connectivity index (χ3n) is 2.19. The summed E-state index contributed by atoms with van der Waals surface area (Å²) in [6, 6.07) is 8.83. The van der Waals surface area contributed by atoms with Gasteiger partial charge in [0.25, 0.3) is 0 Å². The van der Waals surface area contributed by atoms with E-state index in [1.54, 1.807) is 0 Å². The molecule has 0 fully saturated rings. The number of rotatable bonds is 4. The van der Waals surface area contributed by atoms with E-state index >= 15 is 0 Å². The Morgan fingerprint density at radius 2 is 1.64 bits per heavy atom. The molecule has 0 heterocycles. The van der Waals surface area contributed by atoms with Gasteiger partial charge in [-0.3, -0.25) is 0 Å². The molecular formula is C12H20ClN.